The Morgan fingerprint density at radius 2 is 1.72 bits per heavy atom. The molecule has 0 N–H and O–H groups in total. The van der Waals surface area contributed by atoms with Crippen LogP contribution in [0.1, 0.15) is 12.5 Å². The van der Waals surface area contributed by atoms with E-state index >= 15 is 0 Å². The lowest BCUT2D eigenvalue weighted by Gasteiger charge is -2.02. The predicted molar refractivity (Wildman–Crippen MR) is 71.3 cm³/mol. The van der Waals surface area contributed by atoms with E-state index in [1.807, 2.05) is 31.2 Å². The van der Waals surface area contributed by atoms with Gasteiger partial charge in [-0.25, -0.2) is 4.39 Å². The van der Waals surface area contributed by atoms with E-state index in [9.17, 15) is 4.39 Å². The predicted octanol–water partition coefficient (Wildman–Crippen LogP) is 3.98. The summed E-state index contributed by atoms with van der Waals surface area (Å²) in [6.45, 7) is 2.60. The van der Waals surface area contributed by atoms with Crippen LogP contribution in [0.5, 0.6) is 5.75 Å². The number of halogens is 1. The first-order chi connectivity index (χ1) is 8.78. The Morgan fingerprint density at radius 1 is 1.06 bits per heavy atom. The van der Waals surface area contributed by atoms with Crippen molar-refractivity contribution >= 4 is 11.9 Å². The maximum absolute atomic E-state index is 12.7. The Bertz CT molecular complexity index is 517. The van der Waals surface area contributed by atoms with Gasteiger partial charge in [-0.1, -0.05) is 0 Å². The molecule has 0 aliphatic carbocycles. The lowest BCUT2D eigenvalue weighted by atomic mass is 10.2. The molecule has 92 valence electrons. The van der Waals surface area contributed by atoms with Gasteiger partial charge in [0.2, 0.25) is 0 Å². The van der Waals surface area contributed by atoms with E-state index < -0.39 is 0 Å². The van der Waals surface area contributed by atoms with Crippen LogP contribution >= 0.6 is 0 Å². The van der Waals surface area contributed by atoms with Crippen molar-refractivity contribution in [3.05, 3.63) is 59.9 Å². The molecule has 0 aliphatic heterocycles. The minimum absolute atomic E-state index is 0.255. The topological polar surface area (TPSA) is 21.6 Å². The van der Waals surface area contributed by atoms with Gasteiger partial charge in [-0.15, -0.1) is 0 Å². The second kappa shape index (κ2) is 5.96. The molecule has 2 rings (SSSR count). The van der Waals surface area contributed by atoms with Crippen molar-refractivity contribution in [3.8, 4) is 5.75 Å². The van der Waals surface area contributed by atoms with Crippen LogP contribution in [0, 0.1) is 5.82 Å². The summed E-state index contributed by atoms with van der Waals surface area (Å²) in [6, 6.07) is 13.7. The molecule has 0 bridgehead atoms. The molecule has 0 amide bonds. The molecule has 0 saturated carbocycles. The van der Waals surface area contributed by atoms with Gasteiger partial charge in [0.25, 0.3) is 0 Å². The first-order valence-electron chi connectivity index (χ1n) is 5.80. The van der Waals surface area contributed by atoms with Gasteiger partial charge in [-0.3, -0.25) is 4.99 Å². The van der Waals surface area contributed by atoms with Crippen LogP contribution < -0.4 is 4.74 Å². The van der Waals surface area contributed by atoms with Crippen LogP contribution in [0.25, 0.3) is 0 Å². The van der Waals surface area contributed by atoms with Gasteiger partial charge in [-0.2, -0.15) is 0 Å². The Balaban J connectivity index is 2.06. The number of benzene rings is 2. The molecule has 3 heteroatoms. The number of nitrogens with zero attached hydrogens (tertiary/aromatic N) is 1. The molecule has 0 unspecified atom stereocenters. The quantitative estimate of drug-likeness (QED) is 0.744. The first kappa shape index (κ1) is 12.3. The van der Waals surface area contributed by atoms with Crippen molar-refractivity contribution in [3.63, 3.8) is 0 Å². The summed E-state index contributed by atoms with van der Waals surface area (Å²) in [5.74, 6) is 0.589. The van der Waals surface area contributed by atoms with Crippen LogP contribution in [-0.2, 0) is 0 Å². The Labute approximate surface area is 106 Å². The summed E-state index contributed by atoms with van der Waals surface area (Å²) in [4.78, 5) is 4.26. The standard InChI is InChI=1S/C15H14FNO/c1-2-18-15-9-3-12(4-10-15)11-17-14-7-5-13(16)6-8-14/h3-11H,2H2,1H3/b17-11+. The van der Waals surface area contributed by atoms with Crippen LogP contribution in [0.15, 0.2) is 53.5 Å². The molecular formula is C15H14FNO. The fraction of sp³-hybridized carbons (Fsp3) is 0.133. The van der Waals surface area contributed by atoms with Gasteiger partial charge in [0.05, 0.1) is 12.3 Å². The van der Waals surface area contributed by atoms with Gasteiger partial charge < -0.3 is 4.74 Å². The molecule has 2 aromatic rings. The van der Waals surface area contributed by atoms with Crippen molar-refractivity contribution in [2.24, 2.45) is 4.99 Å². The molecule has 0 saturated heterocycles. The highest BCUT2D eigenvalue weighted by Gasteiger charge is 1.93. The summed E-state index contributed by atoms with van der Waals surface area (Å²) in [7, 11) is 0. The highest BCUT2D eigenvalue weighted by Crippen LogP contribution is 2.14. The van der Waals surface area contributed by atoms with E-state index in [1.165, 1.54) is 12.1 Å². The Hall–Kier alpha value is -2.16. The molecule has 0 spiro atoms. The van der Waals surface area contributed by atoms with Gasteiger partial charge in [-0.05, 0) is 61.0 Å². The smallest absolute Gasteiger partial charge is 0.123 e. The Morgan fingerprint density at radius 3 is 2.33 bits per heavy atom. The van der Waals surface area contributed by atoms with Crippen molar-refractivity contribution in [2.75, 3.05) is 6.61 Å². The number of hydrogen-bond donors (Lipinski definition) is 0. The zero-order chi connectivity index (χ0) is 12.8. The van der Waals surface area contributed by atoms with Gasteiger partial charge in [0.15, 0.2) is 0 Å². The third kappa shape index (κ3) is 3.42. The number of rotatable bonds is 4. The molecule has 0 heterocycles. The summed E-state index contributed by atoms with van der Waals surface area (Å²) in [5.41, 5.74) is 1.70. The lowest BCUT2D eigenvalue weighted by Crippen LogP contribution is -1.91. The van der Waals surface area contributed by atoms with Crippen LogP contribution in [0.4, 0.5) is 10.1 Å². The Kier molecular flexibility index (Phi) is 4.07. The average molecular weight is 243 g/mol. The molecule has 0 aromatic heterocycles. The summed E-state index contributed by atoms with van der Waals surface area (Å²) >= 11 is 0. The van der Waals surface area contributed by atoms with Crippen molar-refractivity contribution in [1.29, 1.82) is 0 Å². The van der Waals surface area contributed by atoms with E-state index in [1.54, 1.807) is 18.3 Å². The van der Waals surface area contributed by atoms with Crippen molar-refractivity contribution in [2.45, 2.75) is 6.92 Å². The summed E-state index contributed by atoms with van der Waals surface area (Å²) in [6.07, 6.45) is 1.74. The molecule has 0 radical (unpaired) electrons. The van der Waals surface area contributed by atoms with E-state index in [-0.39, 0.29) is 5.82 Å². The molecule has 2 aromatic carbocycles. The monoisotopic (exact) mass is 243 g/mol. The van der Waals surface area contributed by atoms with E-state index in [0.29, 0.717) is 6.61 Å². The first-order valence-corrected chi connectivity index (χ1v) is 5.80. The van der Waals surface area contributed by atoms with Crippen molar-refractivity contribution in [1.82, 2.24) is 0 Å². The highest BCUT2D eigenvalue weighted by molar-refractivity contribution is 5.82. The molecule has 0 fully saturated rings. The third-order valence-corrected chi connectivity index (χ3v) is 2.38. The zero-order valence-electron chi connectivity index (χ0n) is 10.1. The largest absolute Gasteiger partial charge is 0.494 e. The highest BCUT2D eigenvalue weighted by atomic mass is 19.1. The van der Waals surface area contributed by atoms with E-state index in [0.717, 1.165) is 17.0 Å². The SMILES string of the molecule is CCOc1ccc(/C=N/c2ccc(F)cc2)cc1. The lowest BCUT2D eigenvalue weighted by molar-refractivity contribution is 0.340. The maximum atomic E-state index is 12.7. The second-order valence-electron chi connectivity index (χ2n) is 3.74. The second-order valence-corrected chi connectivity index (χ2v) is 3.74. The molecule has 2 nitrogen and oxygen atoms in total. The summed E-state index contributed by atoms with van der Waals surface area (Å²) in [5, 5.41) is 0. The number of aliphatic imine (C=N–C) groups is 1. The zero-order valence-corrected chi connectivity index (χ0v) is 10.1. The fourth-order valence-corrected chi connectivity index (χ4v) is 1.49. The number of hydrogen-bond acceptors (Lipinski definition) is 2. The van der Waals surface area contributed by atoms with Crippen LogP contribution in [0.3, 0.4) is 0 Å². The van der Waals surface area contributed by atoms with Crippen LogP contribution in [0.2, 0.25) is 0 Å². The van der Waals surface area contributed by atoms with E-state index in [2.05, 4.69) is 4.99 Å². The van der Waals surface area contributed by atoms with Gasteiger partial charge >= 0.3 is 0 Å². The molecule has 0 aliphatic rings. The molecule has 0 atom stereocenters. The fourth-order valence-electron chi connectivity index (χ4n) is 1.49. The number of ether oxygens (including phenoxy) is 1. The minimum atomic E-state index is -0.255. The normalized spacial score (nSPS) is 10.8. The molecule has 18 heavy (non-hydrogen) atoms. The molecular weight excluding hydrogens is 229 g/mol. The average Bonchev–Trinajstić information content (AvgIpc) is 2.40. The maximum Gasteiger partial charge on any atom is 0.123 e. The minimum Gasteiger partial charge on any atom is -0.494 e. The van der Waals surface area contributed by atoms with Gasteiger partial charge in [0.1, 0.15) is 11.6 Å². The van der Waals surface area contributed by atoms with E-state index in [4.69, 9.17) is 4.74 Å². The van der Waals surface area contributed by atoms with Crippen molar-refractivity contribution < 1.29 is 9.13 Å². The summed E-state index contributed by atoms with van der Waals surface area (Å²) < 4.78 is 18.1. The van der Waals surface area contributed by atoms with Crippen LogP contribution in [-0.4, -0.2) is 12.8 Å². The van der Waals surface area contributed by atoms with Gasteiger partial charge in [0, 0.05) is 6.21 Å². The third-order valence-electron chi connectivity index (χ3n) is 2.38.